The van der Waals surface area contributed by atoms with Gasteiger partial charge in [-0.15, -0.1) is 0 Å². The van der Waals surface area contributed by atoms with Crippen LogP contribution in [0.1, 0.15) is 130 Å². The molecule has 6 nitrogen and oxygen atoms in total. The maximum absolute atomic E-state index is 11.9. The van der Waals surface area contributed by atoms with Crippen LogP contribution in [-0.2, 0) is 19.1 Å². The molecule has 0 amide bonds. The second-order valence-electron chi connectivity index (χ2n) is 11.3. The van der Waals surface area contributed by atoms with Gasteiger partial charge in [0.2, 0.25) is 0 Å². The molecule has 0 aromatic heterocycles. The van der Waals surface area contributed by atoms with E-state index in [9.17, 15) is 19.8 Å². The Morgan fingerprint density at radius 1 is 0.683 bits per heavy atom. The fourth-order valence-electron chi connectivity index (χ4n) is 4.05. The minimum absolute atomic E-state index is 0.159. The van der Waals surface area contributed by atoms with Crippen molar-refractivity contribution in [3.05, 3.63) is 48.6 Å². The zero-order valence-corrected chi connectivity index (χ0v) is 26.3. The van der Waals surface area contributed by atoms with Crippen LogP contribution >= 0.6 is 0 Å². The molecule has 2 N–H and O–H groups in total. The molecule has 0 aliphatic carbocycles. The number of aliphatic hydroxyl groups excluding tert-OH is 2. The Labute approximate surface area is 251 Å². The van der Waals surface area contributed by atoms with Crippen molar-refractivity contribution in [2.45, 2.75) is 142 Å². The largest absolute Gasteiger partial charge is 0.463 e. The van der Waals surface area contributed by atoms with E-state index in [0.29, 0.717) is 25.7 Å². The Balaban J connectivity index is 3.71. The number of aliphatic hydroxyl groups is 2. The molecule has 0 aromatic carbocycles. The average Bonchev–Trinajstić information content (AvgIpc) is 2.94. The SMILES string of the molecule is CCCCC/C=C\C/C=C\CC(O)/C=C\C=C\CCCC(=O)OC[C@H](O)COC(=O)CCCCCCCCC(C)C. The highest BCUT2D eigenvalue weighted by atomic mass is 16.6. The summed E-state index contributed by atoms with van der Waals surface area (Å²) in [5, 5.41) is 19.9. The highest BCUT2D eigenvalue weighted by molar-refractivity contribution is 5.69. The van der Waals surface area contributed by atoms with Crippen molar-refractivity contribution >= 4 is 11.9 Å². The molecule has 0 radical (unpaired) electrons. The summed E-state index contributed by atoms with van der Waals surface area (Å²) in [6.45, 7) is 6.37. The van der Waals surface area contributed by atoms with E-state index < -0.39 is 12.2 Å². The lowest BCUT2D eigenvalue weighted by Crippen LogP contribution is -2.25. The van der Waals surface area contributed by atoms with Gasteiger partial charge in [0, 0.05) is 12.8 Å². The van der Waals surface area contributed by atoms with Crippen LogP contribution in [0.15, 0.2) is 48.6 Å². The van der Waals surface area contributed by atoms with Crippen molar-refractivity contribution in [1.29, 1.82) is 0 Å². The number of ether oxygens (including phenoxy) is 2. The number of carbonyl (C=O) groups is 2. The second-order valence-corrected chi connectivity index (χ2v) is 11.3. The van der Waals surface area contributed by atoms with E-state index in [1.165, 1.54) is 44.9 Å². The lowest BCUT2D eigenvalue weighted by atomic mass is 10.0. The van der Waals surface area contributed by atoms with Gasteiger partial charge in [-0.05, 0) is 50.9 Å². The number of esters is 2. The normalized spacial score (nSPS) is 13.7. The van der Waals surface area contributed by atoms with Crippen molar-refractivity contribution in [3.8, 4) is 0 Å². The molecule has 0 rings (SSSR count). The number of hydrogen-bond acceptors (Lipinski definition) is 6. The van der Waals surface area contributed by atoms with Crippen LogP contribution < -0.4 is 0 Å². The lowest BCUT2D eigenvalue weighted by molar-refractivity contribution is -0.152. The van der Waals surface area contributed by atoms with Gasteiger partial charge in [-0.25, -0.2) is 0 Å². The summed E-state index contributed by atoms with van der Waals surface area (Å²) in [6, 6.07) is 0. The third-order valence-corrected chi connectivity index (χ3v) is 6.58. The highest BCUT2D eigenvalue weighted by Gasteiger charge is 2.12. The number of rotatable bonds is 27. The molecule has 6 heteroatoms. The van der Waals surface area contributed by atoms with Gasteiger partial charge in [-0.3, -0.25) is 9.59 Å². The van der Waals surface area contributed by atoms with Crippen LogP contribution in [0, 0.1) is 5.92 Å². The van der Waals surface area contributed by atoms with Crippen molar-refractivity contribution in [1.82, 2.24) is 0 Å². The van der Waals surface area contributed by atoms with Gasteiger partial charge in [-0.1, -0.05) is 121 Å². The van der Waals surface area contributed by atoms with Gasteiger partial charge >= 0.3 is 11.9 Å². The molecular weight excluding hydrogens is 516 g/mol. The van der Waals surface area contributed by atoms with Gasteiger partial charge < -0.3 is 19.7 Å². The third-order valence-electron chi connectivity index (χ3n) is 6.58. The molecule has 0 saturated carbocycles. The molecule has 0 bridgehead atoms. The molecule has 236 valence electrons. The summed E-state index contributed by atoms with van der Waals surface area (Å²) in [5.41, 5.74) is 0. The predicted octanol–water partition coefficient (Wildman–Crippen LogP) is 8.33. The molecule has 41 heavy (non-hydrogen) atoms. The number of unbranched alkanes of at least 4 members (excludes halogenated alkanes) is 9. The molecule has 2 atom stereocenters. The van der Waals surface area contributed by atoms with E-state index in [-0.39, 0.29) is 31.6 Å². The Bertz CT molecular complexity index is 737. The van der Waals surface area contributed by atoms with Crippen LogP contribution in [0.2, 0.25) is 0 Å². The molecular formula is C35H60O6. The third kappa shape index (κ3) is 30.6. The van der Waals surface area contributed by atoms with E-state index in [0.717, 1.165) is 38.0 Å². The summed E-state index contributed by atoms with van der Waals surface area (Å²) >= 11 is 0. The highest BCUT2D eigenvalue weighted by Crippen LogP contribution is 2.12. The molecule has 1 unspecified atom stereocenters. The number of allylic oxidation sites excluding steroid dienone is 6. The standard InChI is InChI=1S/C35H60O6/c1-4-5-6-7-8-9-10-15-20-25-32(36)26-21-16-13-18-23-28-35(39)41-30-33(37)29-40-34(38)27-22-17-12-11-14-19-24-31(2)3/h8-9,13,15-16,20-21,26,31-33,36-37H,4-7,10-12,14,17-19,22-25,27-30H2,1-3H3/b9-8-,16-13+,20-15-,26-21-/t32?,33-/m1/s1. The molecule has 0 aromatic rings. The van der Waals surface area contributed by atoms with Crippen molar-refractivity contribution in [3.63, 3.8) is 0 Å². The summed E-state index contributed by atoms with van der Waals surface area (Å²) in [5.74, 6) is 0.0635. The molecule has 0 aliphatic heterocycles. The molecule has 0 fully saturated rings. The van der Waals surface area contributed by atoms with E-state index >= 15 is 0 Å². The lowest BCUT2D eigenvalue weighted by Gasteiger charge is -2.12. The fraction of sp³-hybridized carbons (Fsp3) is 0.714. The number of hydrogen-bond donors (Lipinski definition) is 2. The first-order chi connectivity index (χ1) is 19.8. The molecule has 0 saturated heterocycles. The summed E-state index contributed by atoms with van der Waals surface area (Å²) in [6.07, 6.45) is 30.6. The molecule has 0 aliphatic rings. The fourth-order valence-corrected chi connectivity index (χ4v) is 4.05. The Kier molecular flexibility index (Phi) is 27.8. The maximum Gasteiger partial charge on any atom is 0.305 e. The van der Waals surface area contributed by atoms with E-state index in [1.807, 2.05) is 24.3 Å². The summed E-state index contributed by atoms with van der Waals surface area (Å²) in [7, 11) is 0. The van der Waals surface area contributed by atoms with E-state index in [2.05, 4.69) is 39.0 Å². The van der Waals surface area contributed by atoms with E-state index in [4.69, 9.17) is 9.47 Å². The summed E-state index contributed by atoms with van der Waals surface area (Å²) in [4.78, 5) is 23.7. The first-order valence-electron chi connectivity index (χ1n) is 16.2. The average molecular weight is 577 g/mol. The van der Waals surface area contributed by atoms with Gasteiger partial charge in [0.1, 0.15) is 19.3 Å². The van der Waals surface area contributed by atoms with Gasteiger partial charge in [0.25, 0.3) is 0 Å². The smallest absolute Gasteiger partial charge is 0.305 e. The van der Waals surface area contributed by atoms with Crippen molar-refractivity contribution in [2.24, 2.45) is 5.92 Å². The van der Waals surface area contributed by atoms with Gasteiger partial charge in [0.05, 0.1) is 6.10 Å². The van der Waals surface area contributed by atoms with Crippen LogP contribution in [0.25, 0.3) is 0 Å². The Morgan fingerprint density at radius 2 is 1.29 bits per heavy atom. The first-order valence-corrected chi connectivity index (χ1v) is 16.2. The monoisotopic (exact) mass is 576 g/mol. The van der Waals surface area contributed by atoms with Crippen LogP contribution in [-0.4, -0.2) is 47.6 Å². The minimum Gasteiger partial charge on any atom is -0.463 e. The zero-order chi connectivity index (χ0) is 30.4. The van der Waals surface area contributed by atoms with Crippen molar-refractivity contribution < 1.29 is 29.3 Å². The molecule has 0 spiro atoms. The zero-order valence-electron chi connectivity index (χ0n) is 26.3. The predicted molar refractivity (Wildman–Crippen MR) is 169 cm³/mol. The maximum atomic E-state index is 11.9. The quantitative estimate of drug-likeness (QED) is 0.0442. The Hall–Kier alpha value is -2.18. The van der Waals surface area contributed by atoms with Crippen molar-refractivity contribution in [2.75, 3.05) is 13.2 Å². The van der Waals surface area contributed by atoms with Gasteiger partial charge in [0.15, 0.2) is 0 Å². The summed E-state index contributed by atoms with van der Waals surface area (Å²) < 4.78 is 10.2. The topological polar surface area (TPSA) is 93.1 Å². The first kappa shape index (κ1) is 38.8. The second kappa shape index (κ2) is 29.3. The Morgan fingerprint density at radius 3 is 1.98 bits per heavy atom. The van der Waals surface area contributed by atoms with E-state index in [1.54, 1.807) is 6.08 Å². The number of carbonyl (C=O) groups excluding carboxylic acids is 2. The van der Waals surface area contributed by atoms with Crippen LogP contribution in [0.3, 0.4) is 0 Å². The minimum atomic E-state index is -1.01. The molecule has 0 heterocycles. The van der Waals surface area contributed by atoms with Crippen LogP contribution in [0.4, 0.5) is 0 Å². The van der Waals surface area contributed by atoms with Gasteiger partial charge in [-0.2, -0.15) is 0 Å². The van der Waals surface area contributed by atoms with Crippen LogP contribution in [0.5, 0.6) is 0 Å².